The molecule has 3 heterocycles. The average molecular weight is 641 g/mol. The van der Waals surface area contributed by atoms with Gasteiger partial charge in [0.15, 0.2) is 0 Å². The standard InChI is InChI=1S/C46H28N2S/c1-2-12-33(13-3-1)47-41-16-8-6-14-35(41)39-27-31(19-24-42(39)47)32-20-25-43-40(28-32)37-22-23-38-36-15-7-9-17-44(36)49-46(38)45(37)48(43)34-21-18-29-10-4-5-11-30(29)26-34/h1-28H. The topological polar surface area (TPSA) is 9.86 Å². The van der Waals surface area contributed by atoms with E-state index in [1.54, 1.807) is 0 Å². The van der Waals surface area contributed by atoms with Crippen molar-refractivity contribution in [1.82, 2.24) is 9.13 Å². The maximum Gasteiger partial charge on any atom is 0.0719 e. The predicted octanol–water partition coefficient (Wildman–Crippen LogP) is 13.1. The number of hydrogen-bond acceptors (Lipinski definition) is 1. The monoisotopic (exact) mass is 640 g/mol. The molecular weight excluding hydrogens is 613 g/mol. The Morgan fingerprint density at radius 2 is 0.980 bits per heavy atom. The summed E-state index contributed by atoms with van der Waals surface area (Å²) >= 11 is 1.90. The van der Waals surface area contributed by atoms with Crippen LogP contribution in [0.4, 0.5) is 0 Å². The molecule has 49 heavy (non-hydrogen) atoms. The lowest BCUT2D eigenvalue weighted by atomic mass is 10.0. The van der Waals surface area contributed by atoms with Crippen LogP contribution in [-0.4, -0.2) is 9.13 Å². The van der Waals surface area contributed by atoms with Crippen LogP contribution < -0.4 is 0 Å². The van der Waals surface area contributed by atoms with E-state index in [1.165, 1.54) is 97.1 Å². The van der Waals surface area contributed by atoms with Crippen LogP contribution in [0.25, 0.3) is 97.1 Å². The highest BCUT2D eigenvalue weighted by molar-refractivity contribution is 7.26. The van der Waals surface area contributed by atoms with E-state index in [1.807, 2.05) is 11.3 Å². The Labute approximate surface area is 286 Å². The van der Waals surface area contributed by atoms with Crippen molar-refractivity contribution in [3.8, 4) is 22.5 Å². The Balaban J connectivity index is 1.18. The molecule has 0 spiro atoms. The van der Waals surface area contributed by atoms with Gasteiger partial charge in [-0.05, 0) is 82.6 Å². The lowest BCUT2D eigenvalue weighted by molar-refractivity contribution is 1.18. The minimum atomic E-state index is 1.18. The second-order valence-electron chi connectivity index (χ2n) is 13.0. The summed E-state index contributed by atoms with van der Waals surface area (Å²) in [6.45, 7) is 0. The van der Waals surface area contributed by atoms with Crippen LogP contribution >= 0.6 is 11.3 Å². The van der Waals surface area contributed by atoms with Gasteiger partial charge in [0.1, 0.15) is 0 Å². The first-order valence-electron chi connectivity index (χ1n) is 16.8. The van der Waals surface area contributed by atoms with Gasteiger partial charge in [-0.2, -0.15) is 0 Å². The van der Waals surface area contributed by atoms with Gasteiger partial charge in [-0.1, -0.05) is 109 Å². The normalized spacial score (nSPS) is 12.1. The molecule has 0 aliphatic heterocycles. The van der Waals surface area contributed by atoms with Gasteiger partial charge in [-0.15, -0.1) is 11.3 Å². The fraction of sp³-hybridized carbons (Fsp3) is 0. The van der Waals surface area contributed by atoms with E-state index in [9.17, 15) is 0 Å². The van der Waals surface area contributed by atoms with E-state index in [2.05, 4.69) is 179 Å². The molecule has 0 saturated heterocycles. The smallest absolute Gasteiger partial charge is 0.0719 e. The molecule has 3 heteroatoms. The number of benzene rings is 8. The third-order valence-electron chi connectivity index (χ3n) is 10.3. The lowest BCUT2D eigenvalue weighted by Gasteiger charge is -2.11. The van der Waals surface area contributed by atoms with Crippen LogP contribution in [0.2, 0.25) is 0 Å². The minimum absolute atomic E-state index is 1.18. The van der Waals surface area contributed by atoms with Crippen molar-refractivity contribution < 1.29 is 0 Å². The second kappa shape index (κ2) is 10.2. The Morgan fingerprint density at radius 3 is 1.82 bits per heavy atom. The number of fused-ring (bicyclic) bond motifs is 11. The molecular formula is C46H28N2S. The summed E-state index contributed by atoms with van der Waals surface area (Å²) in [7, 11) is 0. The van der Waals surface area contributed by atoms with E-state index in [0.717, 1.165) is 0 Å². The lowest BCUT2D eigenvalue weighted by Crippen LogP contribution is -1.94. The van der Waals surface area contributed by atoms with Crippen LogP contribution in [0.1, 0.15) is 0 Å². The van der Waals surface area contributed by atoms with Gasteiger partial charge < -0.3 is 9.13 Å². The molecule has 2 nitrogen and oxygen atoms in total. The number of para-hydroxylation sites is 2. The number of aromatic nitrogens is 2. The first-order chi connectivity index (χ1) is 24.3. The summed E-state index contributed by atoms with van der Waals surface area (Å²) in [5.41, 5.74) is 9.76. The fourth-order valence-corrected chi connectivity index (χ4v) is 9.29. The molecule has 0 saturated carbocycles. The first kappa shape index (κ1) is 26.9. The molecule has 0 aliphatic rings. The van der Waals surface area contributed by atoms with Crippen molar-refractivity contribution in [2.24, 2.45) is 0 Å². The minimum Gasteiger partial charge on any atom is -0.309 e. The highest BCUT2D eigenvalue weighted by atomic mass is 32.1. The Hall–Kier alpha value is -6.16. The van der Waals surface area contributed by atoms with E-state index in [0.29, 0.717) is 0 Å². The maximum absolute atomic E-state index is 2.50. The summed E-state index contributed by atoms with van der Waals surface area (Å²) in [6.07, 6.45) is 0. The SMILES string of the molecule is c1ccc(-n2c3ccccc3c3cc(-c4ccc5c(c4)c4ccc6c7ccccc7sc6c4n5-c4ccc5ccccc5c4)ccc32)cc1. The molecule has 0 bridgehead atoms. The van der Waals surface area contributed by atoms with Crippen LogP contribution in [0.3, 0.4) is 0 Å². The third kappa shape index (κ3) is 3.88. The summed E-state index contributed by atoms with van der Waals surface area (Å²) in [6, 6.07) is 62.4. The molecule has 228 valence electrons. The quantitative estimate of drug-likeness (QED) is 0.182. The molecule has 11 rings (SSSR count). The van der Waals surface area contributed by atoms with E-state index < -0.39 is 0 Å². The molecule has 3 aromatic heterocycles. The van der Waals surface area contributed by atoms with Gasteiger partial charge in [0.05, 0.1) is 26.8 Å². The number of hydrogen-bond donors (Lipinski definition) is 0. The largest absolute Gasteiger partial charge is 0.309 e. The highest BCUT2D eigenvalue weighted by Gasteiger charge is 2.19. The number of thiophene rings is 1. The summed E-state index contributed by atoms with van der Waals surface area (Å²) in [5, 5.41) is 10.2. The zero-order valence-corrected chi connectivity index (χ0v) is 27.3. The van der Waals surface area contributed by atoms with E-state index in [4.69, 9.17) is 0 Å². The first-order valence-corrected chi connectivity index (χ1v) is 17.6. The van der Waals surface area contributed by atoms with Crippen molar-refractivity contribution >= 4 is 85.9 Å². The molecule has 0 atom stereocenters. The summed E-state index contributed by atoms with van der Waals surface area (Å²) in [5.74, 6) is 0. The van der Waals surface area contributed by atoms with Crippen molar-refractivity contribution in [3.63, 3.8) is 0 Å². The van der Waals surface area contributed by atoms with Gasteiger partial charge >= 0.3 is 0 Å². The maximum atomic E-state index is 2.50. The second-order valence-corrected chi connectivity index (χ2v) is 14.0. The summed E-state index contributed by atoms with van der Waals surface area (Å²) < 4.78 is 7.53. The Bertz CT molecular complexity index is 3100. The van der Waals surface area contributed by atoms with E-state index >= 15 is 0 Å². The molecule has 0 fully saturated rings. The summed E-state index contributed by atoms with van der Waals surface area (Å²) in [4.78, 5) is 0. The van der Waals surface area contributed by atoms with Gasteiger partial charge in [0.2, 0.25) is 0 Å². The van der Waals surface area contributed by atoms with Crippen LogP contribution in [0.15, 0.2) is 170 Å². The molecule has 0 N–H and O–H groups in total. The number of nitrogens with zero attached hydrogens (tertiary/aromatic N) is 2. The van der Waals surface area contributed by atoms with Gasteiger partial charge in [0, 0.05) is 48.4 Å². The van der Waals surface area contributed by atoms with Gasteiger partial charge in [-0.3, -0.25) is 0 Å². The zero-order chi connectivity index (χ0) is 32.1. The van der Waals surface area contributed by atoms with Crippen molar-refractivity contribution in [3.05, 3.63) is 170 Å². The molecule has 0 aliphatic carbocycles. The van der Waals surface area contributed by atoms with E-state index in [-0.39, 0.29) is 0 Å². The molecule has 0 unspecified atom stereocenters. The van der Waals surface area contributed by atoms with Crippen LogP contribution in [0.5, 0.6) is 0 Å². The van der Waals surface area contributed by atoms with Crippen molar-refractivity contribution in [1.29, 1.82) is 0 Å². The van der Waals surface area contributed by atoms with Crippen LogP contribution in [0, 0.1) is 0 Å². The molecule has 0 amide bonds. The zero-order valence-electron chi connectivity index (χ0n) is 26.5. The van der Waals surface area contributed by atoms with Crippen LogP contribution in [-0.2, 0) is 0 Å². The molecule has 8 aromatic carbocycles. The Kier molecular flexibility index (Phi) is 5.57. The predicted molar refractivity (Wildman–Crippen MR) is 211 cm³/mol. The molecule has 0 radical (unpaired) electrons. The van der Waals surface area contributed by atoms with Gasteiger partial charge in [0.25, 0.3) is 0 Å². The van der Waals surface area contributed by atoms with Crippen molar-refractivity contribution in [2.75, 3.05) is 0 Å². The van der Waals surface area contributed by atoms with Crippen molar-refractivity contribution in [2.45, 2.75) is 0 Å². The highest BCUT2D eigenvalue weighted by Crippen LogP contribution is 2.44. The molecule has 11 aromatic rings. The van der Waals surface area contributed by atoms with Gasteiger partial charge in [-0.25, -0.2) is 0 Å². The third-order valence-corrected chi connectivity index (χ3v) is 11.5. The number of rotatable bonds is 3. The average Bonchev–Trinajstić information content (AvgIpc) is 3.82. The Morgan fingerprint density at radius 1 is 0.347 bits per heavy atom. The fourth-order valence-electron chi connectivity index (χ4n) is 8.05.